The van der Waals surface area contributed by atoms with Gasteiger partial charge in [-0.2, -0.15) is 0 Å². The first-order valence-electron chi connectivity index (χ1n) is 6.99. The summed E-state index contributed by atoms with van der Waals surface area (Å²) in [6.45, 7) is 9.52. The van der Waals surface area contributed by atoms with Crippen LogP contribution in [0.2, 0.25) is 0 Å². The molecule has 1 atom stereocenters. The lowest BCUT2D eigenvalue weighted by Crippen LogP contribution is -2.43. The van der Waals surface area contributed by atoms with E-state index in [1.165, 1.54) is 37.4 Å². The topological polar surface area (TPSA) is 15.3 Å². The monoisotopic (exact) mass is 266 g/mol. The van der Waals surface area contributed by atoms with Crippen molar-refractivity contribution in [3.05, 3.63) is 22.4 Å². The Morgan fingerprint density at radius 3 is 2.94 bits per heavy atom. The lowest BCUT2D eigenvalue weighted by molar-refractivity contribution is 0.112. The fourth-order valence-corrected chi connectivity index (χ4v) is 3.85. The molecule has 0 amide bonds. The third-order valence-electron chi connectivity index (χ3n) is 4.09. The molecule has 1 saturated heterocycles. The van der Waals surface area contributed by atoms with E-state index < -0.39 is 0 Å². The minimum absolute atomic E-state index is 0.402. The summed E-state index contributed by atoms with van der Waals surface area (Å²) >= 11 is 1.86. The molecule has 0 aliphatic carbocycles. The van der Waals surface area contributed by atoms with Crippen LogP contribution in [0.3, 0.4) is 0 Å². The summed E-state index contributed by atoms with van der Waals surface area (Å²) in [5.74, 6) is 0.817. The van der Waals surface area contributed by atoms with E-state index >= 15 is 0 Å². The molecular weight excluding hydrogens is 240 g/mol. The van der Waals surface area contributed by atoms with Gasteiger partial charge in [0.05, 0.1) is 0 Å². The first kappa shape index (κ1) is 14.0. The van der Waals surface area contributed by atoms with Crippen molar-refractivity contribution in [1.29, 1.82) is 0 Å². The zero-order chi connectivity index (χ0) is 13.0. The van der Waals surface area contributed by atoms with Gasteiger partial charge in [-0.1, -0.05) is 19.9 Å². The molecule has 1 unspecified atom stereocenters. The molecule has 0 radical (unpaired) electrons. The smallest absolute Gasteiger partial charge is 0.0325 e. The van der Waals surface area contributed by atoms with Crippen molar-refractivity contribution in [2.45, 2.75) is 33.2 Å². The van der Waals surface area contributed by atoms with Gasteiger partial charge < -0.3 is 10.2 Å². The second kappa shape index (κ2) is 6.18. The number of nitrogens with one attached hydrogen (secondary N) is 1. The molecule has 2 heterocycles. The maximum atomic E-state index is 3.54. The first-order chi connectivity index (χ1) is 8.58. The molecule has 1 aliphatic heterocycles. The maximum absolute atomic E-state index is 3.54. The number of hydrogen-bond donors (Lipinski definition) is 1. The van der Waals surface area contributed by atoms with Crippen LogP contribution in [0.1, 0.15) is 31.6 Å². The van der Waals surface area contributed by atoms with Crippen LogP contribution in [0, 0.1) is 11.3 Å². The minimum Gasteiger partial charge on any atom is -0.316 e. The van der Waals surface area contributed by atoms with Crippen molar-refractivity contribution < 1.29 is 0 Å². The quantitative estimate of drug-likeness (QED) is 0.880. The van der Waals surface area contributed by atoms with Gasteiger partial charge >= 0.3 is 0 Å². The highest BCUT2D eigenvalue weighted by atomic mass is 32.1. The maximum Gasteiger partial charge on any atom is 0.0325 e. The first-order valence-corrected chi connectivity index (χ1v) is 7.87. The van der Waals surface area contributed by atoms with Gasteiger partial charge in [-0.25, -0.2) is 0 Å². The highest BCUT2D eigenvalue weighted by Crippen LogP contribution is 2.32. The molecular formula is C15H26N2S. The molecule has 2 nitrogen and oxygen atoms in total. The Balaban J connectivity index is 1.86. The van der Waals surface area contributed by atoms with E-state index in [1.807, 2.05) is 11.3 Å². The van der Waals surface area contributed by atoms with E-state index in [1.54, 1.807) is 0 Å². The van der Waals surface area contributed by atoms with Gasteiger partial charge in [-0.05, 0) is 55.8 Å². The Morgan fingerprint density at radius 1 is 1.50 bits per heavy atom. The Labute approximate surface area is 115 Å². The normalized spacial score (nSPS) is 21.4. The van der Waals surface area contributed by atoms with E-state index in [0.29, 0.717) is 5.41 Å². The molecule has 1 N–H and O–H groups in total. The standard InChI is InChI=1S/C15H26N2S/c1-15(2,13-6-4-8-16-10-13)12-17(3)11-14-7-5-9-18-14/h5,7,9,13,16H,4,6,8,10-12H2,1-3H3. The molecule has 3 heteroatoms. The summed E-state index contributed by atoms with van der Waals surface area (Å²) in [6.07, 6.45) is 2.72. The fourth-order valence-electron chi connectivity index (χ4n) is 3.07. The lowest BCUT2D eigenvalue weighted by Gasteiger charge is -2.39. The highest BCUT2D eigenvalue weighted by molar-refractivity contribution is 7.09. The summed E-state index contributed by atoms with van der Waals surface area (Å²) in [7, 11) is 2.25. The predicted octanol–water partition coefficient (Wildman–Crippen LogP) is 3.21. The molecule has 0 aromatic carbocycles. The fraction of sp³-hybridized carbons (Fsp3) is 0.733. The van der Waals surface area contributed by atoms with E-state index in [9.17, 15) is 0 Å². The second-order valence-corrected chi connectivity index (χ2v) is 7.32. The molecule has 1 fully saturated rings. The van der Waals surface area contributed by atoms with Crippen LogP contribution < -0.4 is 5.32 Å². The van der Waals surface area contributed by atoms with Crippen LogP contribution in [0.15, 0.2) is 17.5 Å². The predicted molar refractivity (Wildman–Crippen MR) is 80.0 cm³/mol. The summed E-state index contributed by atoms with van der Waals surface area (Å²) in [5, 5.41) is 5.71. The van der Waals surface area contributed by atoms with E-state index in [4.69, 9.17) is 0 Å². The lowest BCUT2D eigenvalue weighted by atomic mass is 9.74. The van der Waals surface area contributed by atoms with Crippen LogP contribution in [-0.4, -0.2) is 31.6 Å². The van der Waals surface area contributed by atoms with Gasteiger partial charge in [0.15, 0.2) is 0 Å². The number of piperidine rings is 1. The van der Waals surface area contributed by atoms with Crippen LogP contribution >= 0.6 is 11.3 Å². The van der Waals surface area contributed by atoms with E-state index in [0.717, 1.165) is 12.5 Å². The van der Waals surface area contributed by atoms with Crippen molar-refractivity contribution in [3.8, 4) is 0 Å². The van der Waals surface area contributed by atoms with Crippen molar-refractivity contribution in [2.24, 2.45) is 11.3 Å². The van der Waals surface area contributed by atoms with Crippen LogP contribution in [0.5, 0.6) is 0 Å². The average molecular weight is 266 g/mol. The minimum atomic E-state index is 0.402. The van der Waals surface area contributed by atoms with Crippen LogP contribution in [0.4, 0.5) is 0 Å². The molecule has 1 aromatic rings. The summed E-state index contributed by atoms with van der Waals surface area (Å²) in [5.41, 5.74) is 0.402. The summed E-state index contributed by atoms with van der Waals surface area (Å²) in [6, 6.07) is 4.38. The second-order valence-electron chi connectivity index (χ2n) is 6.28. The van der Waals surface area contributed by atoms with Crippen LogP contribution in [0.25, 0.3) is 0 Å². The number of rotatable bonds is 5. The van der Waals surface area contributed by atoms with Gasteiger partial charge in [0.25, 0.3) is 0 Å². The Kier molecular flexibility index (Phi) is 4.82. The summed E-state index contributed by atoms with van der Waals surface area (Å²) < 4.78 is 0. The van der Waals surface area contributed by atoms with Gasteiger partial charge in [-0.15, -0.1) is 11.3 Å². The largest absolute Gasteiger partial charge is 0.316 e. The summed E-state index contributed by atoms with van der Waals surface area (Å²) in [4.78, 5) is 3.94. The number of thiophene rings is 1. The highest BCUT2D eigenvalue weighted by Gasteiger charge is 2.31. The van der Waals surface area contributed by atoms with E-state index in [2.05, 4.69) is 48.6 Å². The van der Waals surface area contributed by atoms with Gasteiger partial charge in [-0.3, -0.25) is 0 Å². The molecule has 18 heavy (non-hydrogen) atoms. The SMILES string of the molecule is CN(Cc1cccs1)CC(C)(C)C1CCCNC1. The molecule has 0 saturated carbocycles. The van der Waals surface area contributed by atoms with Crippen LogP contribution in [-0.2, 0) is 6.54 Å². The van der Waals surface area contributed by atoms with Crippen molar-refractivity contribution >= 4 is 11.3 Å². The van der Waals surface area contributed by atoms with Gasteiger partial charge in [0.2, 0.25) is 0 Å². The Morgan fingerprint density at radius 2 is 2.33 bits per heavy atom. The third kappa shape index (κ3) is 3.81. The zero-order valence-electron chi connectivity index (χ0n) is 11.9. The van der Waals surface area contributed by atoms with Crippen molar-refractivity contribution in [1.82, 2.24) is 10.2 Å². The molecule has 2 rings (SSSR count). The van der Waals surface area contributed by atoms with Crippen molar-refractivity contribution in [2.75, 3.05) is 26.7 Å². The molecule has 0 spiro atoms. The molecule has 1 aromatic heterocycles. The van der Waals surface area contributed by atoms with Crippen molar-refractivity contribution in [3.63, 3.8) is 0 Å². The van der Waals surface area contributed by atoms with Gasteiger partial charge in [0.1, 0.15) is 0 Å². The van der Waals surface area contributed by atoms with E-state index in [-0.39, 0.29) is 0 Å². The average Bonchev–Trinajstić information content (AvgIpc) is 2.82. The third-order valence-corrected chi connectivity index (χ3v) is 4.95. The Hall–Kier alpha value is -0.380. The molecule has 1 aliphatic rings. The molecule has 102 valence electrons. The number of nitrogens with zero attached hydrogens (tertiary/aromatic N) is 1. The molecule has 0 bridgehead atoms. The Bertz CT molecular complexity index is 339. The van der Waals surface area contributed by atoms with Gasteiger partial charge in [0, 0.05) is 18.0 Å². The zero-order valence-corrected chi connectivity index (χ0v) is 12.7. The number of hydrogen-bond acceptors (Lipinski definition) is 3.